The largest absolute Gasteiger partial charge is 0.326 e. The molecule has 0 radical (unpaired) electrons. The number of hydrazone groups is 1. The van der Waals surface area contributed by atoms with Crippen LogP contribution in [0.25, 0.3) is 0 Å². The van der Waals surface area contributed by atoms with E-state index >= 15 is 0 Å². The molecule has 2 aliphatic rings. The number of aryl methyl sites for hydroxylation is 1. The second-order valence-corrected chi connectivity index (χ2v) is 9.66. The molecule has 35 heavy (non-hydrogen) atoms. The summed E-state index contributed by atoms with van der Waals surface area (Å²) in [5.41, 5.74) is 4.68. The molecule has 1 N–H and O–H groups in total. The smallest absolute Gasteiger partial charge is 0.262 e. The van der Waals surface area contributed by atoms with Crippen molar-refractivity contribution in [2.45, 2.75) is 31.1 Å². The first kappa shape index (κ1) is 23.0. The predicted molar refractivity (Wildman–Crippen MR) is 137 cm³/mol. The van der Waals surface area contributed by atoms with Crippen molar-refractivity contribution in [1.29, 1.82) is 0 Å². The number of aliphatic imine (C=N–C) groups is 1. The average Bonchev–Trinajstić information content (AvgIpc) is 3.46. The molecule has 2 heterocycles. The van der Waals surface area contributed by atoms with E-state index in [0.29, 0.717) is 17.3 Å². The van der Waals surface area contributed by atoms with Gasteiger partial charge >= 0.3 is 0 Å². The Hall–Kier alpha value is -3.78. The predicted octanol–water partition coefficient (Wildman–Crippen LogP) is 5.31. The molecule has 0 unspecified atom stereocenters. The first-order valence-corrected chi connectivity index (χ1v) is 12.2. The van der Waals surface area contributed by atoms with Crippen LogP contribution >= 0.6 is 11.8 Å². The van der Waals surface area contributed by atoms with Gasteiger partial charge in [-0.15, -0.1) is 0 Å². The van der Waals surface area contributed by atoms with Crippen LogP contribution in [-0.2, 0) is 9.59 Å². The Balaban J connectivity index is 1.33. The molecular formula is C27H23FN4O2S. The van der Waals surface area contributed by atoms with E-state index in [1.165, 1.54) is 41.6 Å². The molecule has 0 aromatic heterocycles. The number of hydrogen-bond acceptors (Lipinski definition) is 5. The van der Waals surface area contributed by atoms with Gasteiger partial charge in [-0.2, -0.15) is 10.1 Å². The number of benzene rings is 3. The molecule has 0 bridgehead atoms. The number of anilines is 1. The summed E-state index contributed by atoms with van der Waals surface area (Å²) in [4.78, 5) is 29.5. The van der Waals surface area contributed by atoms with E-state index in [4.69, 9.17) is 5.10 Å². The minimum Gasteiger partial charge on any atom is -0.326 e. The fraction of sp³-hybridized carbons (Fsp3) is 0.185. The van der Waals surface area contributed by atoms with Crippen molar-refractivity contribution in [3.8, 4) is 0 Å². The van der Waals surface area contributed by atoms with Gasteiger partial charge in [-0.05, 0) is 42.3 Å². The number of carbonyl (C=O) groups excluding carboxylic acids is 2. The van der Waals surface area contributed by atoms with Gasteiger partial charge in [0.2, 0.25) is 5.91 Å². The van der Waals surface area contributed by atoms with Crippen molar-refractivity contribution >= 4 is 40.1 Å². The second-order valence-electron chi connectivity index (χ2n) is 8.49. The fourth-order valence-corrected chi connectivity index (χ4v) is 5.12. The third kappa shape index (κ3) is 5.17. The Bertz CT molecular complexity index is 1310. The lowest BCUT2D eigenvalue weighted by atomic mass is 9.98. The molecule has 2 amide bonds. The summed E-state index contributed by atoms with van der Waals surface area (Å²) < 4.78 is 13.1. The molecule has 8 heteroatoms. The highest BCUT2D eigenvalue weighted by molar-refractivity contribution is 8.15. The third-order valence-electron chi connectivity index (χ3n) is 5.90. The highest BCUT2D eigenvalue weighted by Gasteiger charge is 2.39. The molecule has 0 saturated carbocycles. The molecule has 0 saturated heterocycles. The van der Waals surface area contributed by atoms with Gasteiger partial charge in [-0.3, -0.25) is 9.59 Å². The number of carbonyl (C=O) groups is 2. The van der Waals surface area contributed by atoms with Gasteiger partial charge in [0.1, 0.15) is 11.1 Å². The molecule has 0 aliphatic carbocycles. The molecule has 5 rings (SSSR count). The lowest BCUT2D eigenvalue weighted by Crippen LogP contribution is -2.25. The number of nitrogens with one attached hydrogen (secondary N) is 1. The maximum absolute atomic E-state index is 13.1. The van der Waals surface area contributed by atoms with Crippen LogP contribution in [0.15, 0.2) is 89.0 Å². The quantitative estimate of drug-likeness (QED) is 0.530. The normalized spacial score (nSPS) is 19.5. The van der Waals surface area contributed by atoms with Crippen molar-refractivity contribution in [3.63, 3.8) is 0 Å². The monoisotopic (exact) mass is 486 g/mol. The highest BCUT2D eigenvalue weighted by atomic mass is 32.2. The lowest BCUT2D eigenvalue weighted by molar-refractivity contribution is -0.121. The highest BCUT2D eigenvalue weighted by Crippen LogP contribution is 2.38. The number of amides is 2. The van der Waals surface area contributed by atoms with E-state index in [0.717, 1.165) is 16.8 Å². The maximum atomic E-state index is 13.1. The van der Waals surface area contributed by atoms with Gasteiger partial charge in [-0.1, -0.05) is 71.9 Å². The van der Waals surface area contributed by atoms with Crippen molar-refractivity contribution in [3.05, 3.63) is 101 Å². The Morgan fingerprint density at radius 1 is 1.06 bits per heavy atom. The number of halogens is 1. The van der Waals surface area contributed by atoms with Crippen molar-refractivity contribution in [1.82, 2.24) is 5.01 Å². The summed E-state index contributed by atoms with van der Waals surface area (Å²) in [7, 11) is 0. The van der Waals surface area contributed by atoms with Crippen LogP contribution in [0.4, 0.5) is 10.1 Å². The van der Waals surface area contributed by atoms with Crippen molar-refractivity contribution < 1.29 is 14.0 Å². The number of thioether (sulfide) groups is 1. The Morgan fingerprint density at radius 2 is 1.77 bits per heavy atom. The Labute approximate surface area is 207 Å². The van der Waals surface area contributed by atoms with Crippen LogP contribution in [0.2, 0.25) is 0 Å². The van der Waals surface area contributed by atoms with Gasteiger partial charge in [0.25, 0.3) is 5.91 Å². The van der Waals surface area contributed by atoms with Gasteiger partial charge in [0.15, 0.2) is 5.17 Å². The molecule has 0 fully saturated rings. The minimum absolute atomic E-state index is 0.0355. The lowest BCUT2D eigenvalue weighted by Gasteiger charge is -2.23. The summed E-state index contributed by atoms with van der Waals surface area (Å²) in [6.45, 7) is 2.04. The van der Waals surface area contributed by atoms with Crippen molar-refractivity contribution in [2.24, 2.45) is 10.1 Å². The summed E-state index contributed by atoms with van der Waals surface area (Å²) in [5.74, 6) is -1.07. The Morgan fingerprint density at radius 3 is 2.49 bits per heavy atom. The van der Waals surface area contributed by atoms with Gasteiger partial charge in [0.05, 0.1) is 11.8 Å². The van der Waals surface area contributed by atoms with E-state index in [2.05, 4.69) is 34.6 Å². The first-order valence-electron chi connectivity index (χ1n) is 11.3. The van der Waals surface area contributed by atoms with Crippen LogP contribution in [0.3, 0.4) is 0 Å². The summed E-state index contributed by atoms with van der Waals surface area (Å²) in [6.07, 6.45) is 0.642. The minimum atomic E-state index is -0.638. The van der Waals surface area contributed by atoms with Crippen molar-refractivity contribution in [2.75, 3.05) is 5.32 Å². The average molecular weight is 487 g/mol. The Kier molecular flexibility index (Phi) is 6.46. The van der Waals surface area contributed by atoms with Crippen LogP contribution in [0.5, 0.6) is 0 Å². The second kappa shape index (κ2) is 9.84. The van der Waals surface area contributed by atoms with Crippen LogP contribution < -0.4 is 5.32 Å². The molecule has 176 valence electrons. The maximum Gasteiger partial charge on any atom is 0.262 e. The molecular weight excluding hydrogens is 463 g/mol. The third-order valence-corrected chi connectivity index (χ3v) is 7.05. The molecule has 6 nitrogen and oxygen atoms in total. The molecule has 2 aliphatic heterocycles. The number of amidine groups is 1. The number of hydrogen-bond donors (Lipinski definition) is 1. The van der Waals surface area contributed by atoms with Crippen LogP contribution in [0, 0.1) is 12.7 Å². The number of rotatable bonds is 5. The zero-order chi connectivity index (χ0) is 24.4. The van der Waals surface area contributed by atoms with Gasteiger partial charge in [-0.25, -0.2) is 9.40 Å². The molecule has 0 spiro atoms. The molecule has 3 aromatic rings. The molecule has 3 aromatic carbocycles. The number of nitrogens with zero attached hydrogens (tertiary/aromatic N) is 3. The topological polar surface area (TPSA) is 74.1 Å². The van der Waals surface area contributed by atoms with E-state index in [9.17, 15) is 14.0 Å². The standard InChI is InChI=1S/C27H23FN4O2S/c1-17-7-9-18(10-8-17)22-15-23(19-5-3-2-4-6-19)32(31-22)27-30-26(34)24(35-27)16-25(33)29-21-13-11-20(28)12-14-21/h2-14,23-24H,15-16H2,1H3,(H,29,33)/t23-,24-/m1/s1. The van der Waals surface area contributed by atoms with Gasteiger partial charge in [0, 0.05) is 18.5 Å². The molecule has 2 atom stereocenters. The summed E-state index contributed by atoms with van der Waals surface area (Å²) >= 11 is 1.25. The zero-order valence-electron chi connectivity index (χ0n) is 19.0. The SMILES string of the molecule is Cc1ccc(C2=NN(C3=NC(=O)[C@@H](CC(=O)Nc4ccc(F)cc4)S3)[C@@H](c3ccccc3)C2)cc1. The zero-order valence-corrected chi connectivity index (χ0v) is 19.8. The summed E-state index contributed by atoms with van der Waals surface area (Å²) in [5, 5.41) is 9.23. The van der Waals surface area contributed by atoms with E-state index < -0.39 is 5.25 Å². The summed E-state index contributed by atoms with van der Waals surface area (Å²) in [6, 6.07) is 23.6. The van der Waals surface area contributed by atoms with Crippen LogP contribution in [0.1, 0.15) is 35.6 Å². The van der Waals surface area contributed by atoms with Gasteiger partial charge < -0.3 is 5.32 Å². The van der Waals surface area contributed by atoms with E-state index in [-0.39, 0.29) is 30.1 Å². The van der Waals surface area contributed by atoms with E-state index in [1.807, 2.05) is 42.3 Å². The van der Waals surface area contributed by atoms with E-state index in [1.54, 1.807) is 0 Å². The fourth-order valence-electron chi connectivity index (χ4n) is 4.06. The first-order chi connectivity index (χ1) is 17.0. The van der Waals surface area contributed by atoms with Crippen LogP contribution in [-0.4, -0.2) is 33.0 Å².